The van der Waals surface area contributed by atoms with Gasteiger partial charge in [-0.3, -0.25) is 0 Å². The van der Waals surface area contributed by atoms with Crippen LogP contribution in [0.4, 0.5) is 0 Å². The first-order chi connectivity index (χ1) is 11.8. The third-order valence-electron chi connectivity index (χ3n) is 4.01. The van der Waals surface area contributed by atoms with Crippen LogP contribution >= 0.6 is 0 Å². The molecule has 0 saturated carbocycles. The number of carbonyl (C=O) groups excluding carboxylic acids is 1. The molecule has 0 bridgehead atoms. The van der Waals surface area contributed by atoms with Gasteiger partial charge in [0.2, 0.25) is 10.0 Å². The molecule has 2 aromatic rings. The summed E-state index contributed by atoms with van der Waals surface area (Å²) in [5.74, 6) is -0.487. The topological polar surface area (TPSA) is 63.7 Å². The molecule has 0 radical (unpaired) electrons. The molecule has 6 heteroatoms. The number of hydrogen-bond acceptors (Lipinski definition) is 4. The van der Waals surface area contributed by atoms with E-state index in [1.165, 1.54) is 23.5 Å². The Labute approximate surface area is 149 Å². The summed E-state index contributed by atoms with van der Waals surface area (Å²) < 4.78 is 32.2. The third kappa shape index (κ3) is 4.27. The lowest BCUT2D eigenvalue weighted by Gasteiger charge is -2.22. The second-order valence-electron chi connectivity index (χ2n) is 5.89. The van der Waals surface area contributed by atoms with Gasteiger partial charge in [-0.1, -0.05) is 36.8 Å². The fourth-order valence-corrected chi connectivity index (χ4v) is 4.35. The van der Waals surface area contributed by atoms with E-state index in [1.807, 2.05) is 38.1 Å². The molecule has 0 atom stereocenters. The molecule has 2 aromatic carbocycles. The fourth-order valence-electron chi connectivity index (χ4n) is 2.70. The van der Waals surface area contributed by atoms with Crippen LogP contribution in [0.3, 0.4) is 0 Å². The molecular formula is C19H23NO4S. The average molecular weight is 361 g/mol. The average Bonchev–Trinajstić information content (AvgIpc) is 2.58. The fraction of sp³-hybridized carbons (Fsp3) is 0.316. The highest BCUT2D eigenvalue weighted by molar-refractivity contribution is 7.89. The molecule has 0 aliphatic rings. The van der Waals surface area contributed by atoms with Crippen molar-refractivity contribution in [2.75, 3.05) is 13.7 Å². The maximum absolute atomic E-state index is 13.0. The number of sulfonamides is 1. The number of hydrogen-bond donors (Lipinski definition) is 0. The summed E-state index contributed by atoms with van der Waals surface area (Å²) in [5.41, 5.74) is 2.88. The number of aryl methyl sites for hydroxylation is 2. The Morgan fingerprint density at radius 1 is 1.12 bits per heavy atom. The highest BCUT2D eigenvalue weighted by atomic mass is 32.2. The van der Waals surface area contributed by atoms with Crippen molar-refractivity contribution in [3.8, 4) is 0 Å². The van der Waals surface area contributed by atoms with Gasteiger partial charge >= 0.3 is 5.97 Å². The molecule has 25 heavy (non-hydrogen) atoms. The van der Waals surface area contributed by atoms with Crippen molar-refractivity contribution in [1.29, 1.82) is 0 Å². The van der Waals surface area contributed by atoms with E-state index in [2.05, 4.69) is 4.74 Å². The van der Waals surface area contributed by atoms with E-state index in [0.717, 1.165) is 11.1 Å². The molecule has 2 rings (SSSR count). The van der Waals surface area contributed by atoms with Crippen LogP contribution in [0.2, 0.25) is 0 Å². The highest BCUT2D eigenvalue weighted by Gasteiger charge is 2.25. The maximum Gasteiger partial charge on any atom is 0.337 e. The first kappa shape index (κ1) is 19.1. The number of rotatable bonds is 6. The van der Waals surface area contributed by atoms with Gasteiger partial charge in [-0.25, -0.2) is 13.2 Å². The van der Waals surface area contributed by atoms with Crippen LogP contribution < -0.4 is 0 Å². The quantitative estimate of drug-likeness (QED) is 0.741. The van der Waals surface area contributed by atoms with E-state index in [-0.39, 0.29) is 4.90 Å². The zero-order valence-electron chi connectivity index (χ0n) is 14.9. The zero-order valence-corrected chi connectivity index (χ0v) is 15.8. The third-order valence-corrected chi connectivity index (χ3v) is 6.09. The Morgan fingerprint density at radius 3 is 2.40 bits per heavy atom. The number of esters is 1. The summed E-state index contributed by atoms with van der Waals surface area (Å²) in [6.45, 7) is 6.13. The minimum absolute atomic E-state index is 0.203. The molecule has 0 amide bonds. The molecule has 0 aromatic heterocycles. The van der Waals surface area contributed by atoms with Crippen molar-refractivity contribution < 1.29 is 17.9 Å². The van der Waals surface area contributed by atoms with Gasteiger partial charge in [0.05, 0.1) is 17.6 Å². The Kier molecular flexibility index (Phi) is 5.98. The van der Waals surface area contributed by atoms with Crippen molar-refractivity contribution in [1.82, 2.24) is 4.31 Å². The molecule has 134 valence electrons. The van der Waals surface area contributed by atoms with Crippen molar-refractivity contribution in [2.24, 2.45) is 0 Å². The van der Waals surface area contributed by atoms with Crippen LogP contribution in [0, 0.1) is 13.8 Å². The van der Waals surface area contributed by atoms with Gasteiger partial charge in [0.1, 0.15) is 0 Å². The van der Waals surface area contributed by atoms with Crippen molar-refractivity contribution in [3.63, 3.8) is 0 Å². The molecule has 0 aliphatic carbocycles. The normalized spacial score (nSPS) is 11.6. The van der Waals surface area contributed by atoms with E-state index in [1.54, 1.807) is 13.0 Å². The van der Waals surface area contributed by atoms with Gasteiger partial charge in [0, 0.05) is 13.1 Å². The van der Waals surface area contributed by atoms with Gasteiger partial charge in [-0.05, 0) is 43.2 Å². The Balaban J connectivity index is 2.36. The van der Waals surface area contributed by atoms with Crippen LogP contribution in [0.15, 0.2) is 47.4 Å². The molecule has 5 nitrogen and oxygen atoms in total. The predicted molar refractivity (Wildman–Crippen MR) is 97.0 cm³/mol. The smallest absolute Gasteiger partial charge is 0.337 e. The van der Waals surface area contributed by atoms with Crippen LogP contribution in [0.1, 0.15) is 34.0 Å². The largest absolute Gasteiger partial charge is 0.465 e. The summed E-state index contributed by atoms with van der Waals surface area (Å²) in [4.78, 5) is 11.8. The van der Waals surface area contributed by atoms with E-state index < -0.39 is 16.0 Å². The van der Waals surface area contributed by atoms with Crippen molar-refractivity contribution in [3.05, 3.63) is 64.7 Å². The van der Waals surface area contributed by atoms with Crippen LogP contribution in [-0.2, 0) is 21.3 Å². The van der Waals surface area contributed by atoms with Crippen molar-refractivity contribution >= 4 is 16.0 Å². The Morgan fingerprint density at radius 2 is 1.84 bits per heavy atom. The molecule has 0 N–H and O–H groups in total. The second-order valence-corrected chi connectivity index (χ2v) is 7.80. The second kappa shape index (κ2) is 7.80. The summed E-state index contributed by atoms with van der Waals surface area (Å²) in [5, 5.41) is 0. The highest BCUT2D eigenvalue weighted by Crippen LogP contribution is 2.23. The van der Waals surface area contributed by atoms with E-state index >= 15 is 0 Å². The Hall–Kier alpha value is -2.18. The molecule has 0 saturated heterocycles. The van der Waals surface area contributed by atoms with E-state index in [9.17, 15) is 13.2 Å². The van der Waals surface area contributed by atoms with Gasteiger partial charge in [-0.15, -0.1) is 0 Å². The first-order valence-corrected chi connectivity index (χ1v) is 9.48. The van der Waals surface area contributed by atoms with E-state index in [0.29, 0.717) is 24.2 Å². The number of benzene rings is 2. The minimum atomic E-state index is -3.66. The maximum atomic E-state index is 13.0. The molecule has 0 fully saturated rings. The lowest BCUT2D eigenvalue weighted by atomic mass is 10.1. The van der Waals surface area contributed by atoms with Crippen LogP contribution in [0.25, 0.3) is 0 Å². The molecule has 0 unspecified atom stereocenters. The number of methoxy groups -OCH3 is 1. The summed E-state index contributed by atoms with van der Waals surface area (Å²) >= 11 is 0. The molecule has 0 heterocycles. The minimum Gasteiger partial charge on any atom is -0.465 e. The van der Waals surface area contributed by atoms with Gasteiger partial charge in [0.15, 0.2) is 0 Å². The van der Waals surface area contributed by atoms with Crippen LogP contribution in [-0.4, -0.2) is 32.3 Å². The number of nitrogens with zero attached hydrogens (tertiary/aromatic N) is 1. The van der Waals surface area contributed by atoms with Gasteiger partial charge in [-0.2, -0.15) is 4.31 Å². The summed E-state index contributed by atoms with van der Waals surface area (Å²) in [7, 11) is -2.37. The number of carbonyl (C=O) groups is 1. The standard InChI is InChI=1S/C19H23NO4S/c1-5-20(13-16-8-6-7-14(2)11-16)25(22,23)18-10-9-17(12-15(18)3)19(21)24-4/h6-12H,5,13H2,1-4H3. The molecule has 0 spiro atoms. The first-order valence-electron chi connectivity index (χ1n) is 8.04. The molecular weight excluding hydrogens is 338 g/mol. The predicted octanol–water partition coefficient (Wildman–Crippen LogP) is 3.30. The van der Waals surface area contributed by atoms with E-state index in [4.69, 9.17) is 0 Å². The zero-order chi connectivity index (χ0) is 18.6. The summed E-state index contributed by atoms with van der Waals surface area (Å²) in [6.07, 6.45) is 0. The lowest BCUT2D eigenvalue weighted by molar-refractivity contribution is 0.0600. The summed E-state index contributed by atoms with van der Waals surface area (Å²) in [6, 6.07) is 12.3. The van der Waals surface area contributed by atoms with Gasteiger partial charge in [0.25, 0.3) is 0 Å². The lowest BCUT2D eigenvalue weighted by Crippen LogP contribution is -2.31. The van der Waals surface area contributed by atoms with Crippen LogP contribution in [0.5, 0.6) is 0 Å². The van der Waals surface area contributed by atoms with Gasteiger partial charge < -0.3 is 4.74 Å². The molecule has 0 aliphatic heterocycles. The number of ether oxygens (including phenoxy) is 1. The monoisotopic (exact) mass is 361 g/mol. The van der Waals surface area contributed by atoms with Crippen molar-refractivity contribution in [2.45, 2.75) is 32.2 Å². The SMILES string of the molecule is CCN(Cc1cccc(C)c1)S(=O)(=O)c1ccc(C(=O)OC)cc1C. The Bertz CT molecular complexity index is 875.